The van der Waals surface area contributed by atoms with Crippen LogP contribution >= 0.6 is 0 Å². The molecule has 0 unspecified atom stereocenters. The molecule has 7 heteroatoms. The monoisotopic (exact) mass is 367 g/mol. The molecule has 0 aliphatic carbocycles. The molecule has 0 saturated carbocycles. The molecule has 1 N–H and O–H groups in total. The van der Waals surface area contributed by atoms with Gasteiger partial charge in [-0.15, -0.1) is 0 Å². The van der Waals surface area contributed by atoms with Crippen LogP contribution in [0.2, 0.25) is 0 Å². The molecular formula is C19H24F3N3O. The number of hydrogen-bond donors (Lipinski definition) is 1. The van der Waals surface area contributed by atoms with Gasteiger partial charge in [0.25, 0.3) is 5.91 Å². The molecule has 0 spiro atoms. The van der Waals surface area contributed by atoms with E-state index in [0.717, 1.165) is 22.0 Å². The van der Waals surface area contributed by atoms with Crippen LogP contribution in [0.5, 0.6) is 0 Å². The fourth-order valence-electron chi connectivity index (χ4n) is 2.88. The van der Waals surface area contributed by atoms with Gasteiger partial charge in [0.05, 0.1) is 5.69 Å². The number of halogens is 3. The van der Waals surface area contributed by atoms with Crippen molar-refractivity contribution >= 4 is 5.91 Å². The summed E-state index contributed by atoms with van der Waals surface area (Å²) in [5, 5.41) is 2.56. The van der Waals surface area contributed by atoms with Gasteiger partial charge in [0.2, 0.25) is 0 Å². The zero-order valence-corrected chi connectivity index (χ0v) is 15.7. The predicted octanol–water partition coefficient (Wildman–Crippen LogP) is 4.54. The zero-order chi connectivity index (χ0) is 19.7. The van der Waals surface area contributed by atoms with Crippen molar-refractivity contribution < 1.29 is 18.0 Å². The van der Waals surface area contributed by atoms with Gasteiger partial charge in [-0.3, -0.25) is 9.36 Å². The number of imidazole rings is 1. The molecular weight excluding hydrogens is 343 g/mol. The van der Waals surface area contributed by atoms with Crippen LogP contribution in [0.25, 0.3) is 5.69 Å². The van der Waals surface area contributed by atoms with Gasteiger partial charge in [-0.2, -0.15) is 13.2 Å². The number of alkyl halides is 3. The minimum atomic E-state index is -4.72. The first kappa shape index (κ1) is 20.0. The molecule has 0 fully saturated rings. The molecule has 1 aromatic heterocycles. The van der Waals surface area contributed by atoms with E-state index >= 15 is 0 Å². The Morgan fingerprint density at radius 1 is 1.12 bits per heavy atom. The molecule has 1 aromatic carbocycles. The van der Waals surface area contributed by atoms with E-state index in [4.69, 9.17) is 0 Å². The largest absolute Gasteiger partial charge is 0.434 e. The first-order valence-electron chi connectivity index (χ1n) is 8.57. The molecule has 2 rings (SSSR count). The minimum Gasteiger partial charge on any atom is -0.346 e. The Balaban J connectivity index is 2.72. The predicted molar refractivity (Wildman–Crippen MR) is 94.5 cm³/mol. The maximum atomic E-state index is 13.9. The van der Waals surface area contributed by atoms with Crippen molar-refractivity contribution in [3.8, 4) is 5.69 Å². The van der Waals surface area contributed by atoms with Gasteiger partial charge in [-0.25, -0.2) is 4.98 Å². The number of para-hydroxylation sites is 1. The molecule has 142 valence electrons. The number of carbonyl (C=O) groups is 1. The third-order valence-corrected chi connectivity index (χ3v) is 3.95. The lowest BCUT2D eigenvalue weighted by Crippen LogP contribution is -2.41. The van der Waals surface area contributed by atoms with Gasteiger partial charge in [0.1, 0.15) is 6.33 Å². The maximum Gasteiger partial charge on any atom is 0.434 e. The van der Waals surface area contributed by atoms with Crippen LogP contribution in [0.4, 0.5) is 13.2 Å². The summed E-state index contributed by atoms with van der Waals surface area (Å²) in [6.07, 6.45) is -2.48. The molecule has 0 aliphatic rings. The van der Waals surface area contributed by atoms with Crippen molar-refractivity contribution in [3.63, 3.8) is 0 Å². The molecule has 2 aromatic rings. The maximum absolute atomic E-state index is 13.9. The summed E-state index contributed by atoms with van der Waals surface area (Å²) in [5.41, 5.74) is -0.327. The number of aryl methyl sites for hydroxylation is 2. The summed E-state index contributed by atoms with van der Waals surface area (Å²) in [6, 6.07) is 5.42. The number of hydrogen-bond acceptors (Lipinski definition) is 2. The Bertz CT molecular complexity index is 779. The Morgan fingerprint density at radius 2 is 1.65 bits per heavy atom. The third kappa shape index (κ3) is 4.08. The number of amides is 1. The average molecular weight is 367 g/mol. The summed E-state index contributed by atoms with van der Waals surface area (Å²) < 4.78 is 42.6. The van der Waals surface area contributed by atoms with E-state index in [0.29, 0.717) is 18.5 Å². The fourth-order valence-corrected chi connectivity index (χ4v) is 2.88. The Morgan fingerprint density at radius 3 is 2.08 bits per heavy atom. The van der Waals surface area contributed by atoms with Gasteiger partial charge < -0.3 is 5.32 Å². The van der Waals surface area contributed by atoms with Crippen molar-refractivity contribution in [2.24, 2.45) is 0 Å². The summed E-state index contributed by atoms with van der Waals surface area (Å²) >= 11 is 0. The van der Waals surface area contributed by atoms with E-state index in [2.05, 4.69) is 10.3 Å². The van der Waals surface area contributed by atoms with Gasteiger partial charge >= 0.3 is 6.18 Å². The number of rotatable bonds is 4. The summed E-state index contributed by atoms with van der Waals surface area (Å²) in [4.78, 5) is 16.2. The molecule has 1 amide bonds. The lowest BCUT2D eigenvalue weighted by Gasteiger charge is -2.21. The highest BCUT2D eigenvalue weighted by molar-refractivity contribution is 5.94. The third-order valence-electron chi connectivity index (χ3n) is 3.95. The van der Waals surface area contributed by atoms with Gasteiger partial charge in [-0.1, -0.05) is 32.0 Å². The van der Waals surface area contributed by atoms with Crippen LogP contribution in [0.3, 0.4) is 0 Å². The number of nitrogens with one attached hydrogen (secondary N) is 1. The van der Waals surface area contributed by atoms with Crippen LogP contribution in [0.15, 0.2) is 24.5 Å². The normalized spacial score (nSPS) is 12.3. The standard InChI is InChI=1S/C19H24F3N3O/c1-6-12-9-8-10-13(7-2)15(12)25-11-23-14(16(25)19(20,21)22)17(26)24-18(3,4)5/h8-11H,6-7H2,1-5H3,(H,24,26). The molecule has 1 heterocycles. The molecule has 4 nitrogen and oxygen atoms in total. The van der Waals surface area contributed by atoms with Crippen LogP contribution in [-0.2, 0) is 19.0 Å². The summed E-state index contributed by atoms with van der Waals surface area (Å²) in [7, 11) is 0. The number of nitrogens with zero attached hydrogens (tertiary/aromatic N) is 2. The summed E-state index contributed by atoms with van der Waals surface area (Å²) in [5.74, 6) is -0.837. The second-order valence-electron chi connectivity index (χ2n) is 7.15. The molecule has 0 saturated heterocycles. The van der Waals surface area contributed by atoms with Gasteiger partial charge in [0, 0.05) is 5.54 Å². The van der Waals surface area contributed by atoms with E-state index in [1.54, 1.807) is 32.9 Å². The molecule has 26 heavy (non-hydrogen) atoms. The molecule has 0 radical (unpaired) electrons. The summed E-state index contributed by atoms with van der Waals surface area (Å²) in [6.45, 7) is 8.88. The second kappa shape index (κ2) is 7.13. The van der Waals surface area contributed by atoms with E-state index < -0.39 is 29.0 Å². The SMILES string of the molecule is CCc1cccc(CC)c1-n1cnc(C(=O)NC(C)(C)C)c1C(F)(F)F. The highest BCUT2D eigenvalue weighted by Crippen LogP contribution is 2.35. The van der Waals surface area contributed by atoms with Crippen LogP contribution in [-0.4, -0.2) is 21.0 Å². The Labute approximate surface area is 151 Å². The number of carbonyl (C=O) groups excluding carboxylic acids is 1. The van der Waals surface area contributed by atoms with Gasteiger partial charge in [-0.05, 0) is 44.7 Å². The van der Waals surface area contributed by atoms with E-state index in [-0.39, 0.29) is 0 Å². The Kier molecular flexibility index (Phi) is 5.49. The van der Waals surface area contributed by atoms with Crippen LogP contribution in [0.1, 0.15) is 61.9 Å². The lowest BCUT2D eigenvalue weighted by atomic mass is 10.0. The van der Waals surface area contributed by atoms with Crippen molar-refractivity contribution in [2.45, 2.75) is 59.2 Å². The van der Waals surface area contributed by atoms with Crippen molar-refractivity contribution in [1.29, 1.82) is 0 Å². The molecule has 0 bridgehead atoms. The van der Waals surface area contributed by atoms with Crippen molar-refractivity contribution in [1.82, 2.24) is 14.9 Å². The van der Waals surface area contributed by atoms with E-state index in [9.17, 15) is 18.0 Å². The second-order valence-corrected chi connectivity index (χ2v) is 7.15. The van der Waals surface area contributed by atoms with E-state index in [1.165, 1.54) is 0 Å². The van der Waals surface area contributed by atoms with E-state index in [1.807, 2.05) is 19.9 Å². The first-order valence-corrected chi connectivity index (χ1v) is 8.57. The highest BCUT2D eigenvalue weighted by Gasteiger charge is 2.41. The molecule has 0 aliphatic heterocycles. The van der Waals surface area contributed by atoms with Crippen LogP contribution in [0, 0.1) is 0 Å². The van der Waals surface area contributed by atoms with Gasteiger partial charge in [0.15, 0.2) is 11.4 Å². The Hall–Kier alpha value is -2.31. The smallest absolute Gasteiger partial charge is 0.346 e. The fraction of sp³-hybridized carbons (Fsp3) is 0.474. The topological polar surface area (TPSA) is 46.9 Å². The minimum absolute atomic E-state index is 0.451. The first-order chi connectivity index (χ1) is 12.0. The zero-order valence-electron chi connectivity index (χ0n) is 15.7. The quantitative estimate of drug-likeness (QED) is 0.862. The highest BCUT2D eigenvalue weighted by atomic mass is 19.4. The number of aromatic nitrogens is 2. The van der Waals surface area contributed by atoms with Crippen molar-refractivity contribution in [2.75, 3.05) is 0 Å². The molecule has 0 atom stereocenters. The average Bonchev–Trinajstić information content (AvgIpc) is 2.97. The lowest BCUT2D eigenvalue weighted by molar-refractivity contribution is -0.142. The van der Waals surface area contributed by atoms with Crippen molar-refractivity contribution in [3.05, 3.63) is 47.0 Å². The number of benzene rings is 1. The van der Waals surface area contributed by atoms with Crippen LogP contribution < -0.4 is 5.32 Å².